The summed E-state index contributed by atoms with van der Waals surface area (Å²) in [6.45, 7) is 6.11. The number of aromatic nitrogens is 3. The standard InChI is InChI=1S/C13H18N4/c1-4-12(14)13-6-5-11(7-15-13)17-8-16-9(2)10(17)3/h5-8,12H,4,14H2,1-3H3. The molecular weight excluding hydrogens is 212 g/mol. The van der Waals surface area contributed by atoms with E-state index in [2.05, 4.69) is 16.9 Å². The smallest absolute Gasteiger partial charge is 0.0997 e. The first-order chi connectivity index (χ1) is 8.13. The number of rotatable bonds is 3. The Morgan fingerprint density at radius 1 is 1.29 bits per heavy atom. The van der Waals surface area contributed by atoms with Gasteiger partial charge in [0.2, 0.25) is 0 Å². The van der Waals surface area contributed by atoms with Crippen molar-refractivity contribution in [2.24, 2.45) is 5.73 Å². The van der Waals surface area contributed by atoms with Crippen LogP contribution in [0.2, 0.25) is 0 Å². The molecule has 2 aromatic heterocycles. The van der Waals surface area contributed by atoms with Crippen molar-refractivity contribution in [2.75, 3.05) is 0 Å². The molecule has 2 N–H and O–H groups in total. The van der Waals surface area contributed by atoms with Crippen LogP contribution in [0.25, 0.3) is 5.69 Å². The lowest BCUT2D eigenvalue weighted by molar-refractivity contribution is 0.675. The van der Waals surface area contributed by atoms with Gasteiger partial charge in [-0.25, -0.2) is 4.98 Å². The minimum atomic E-state index is 0.0228. The summed E-state index contributed by atoms with van der Waals surface area (Å²) in [5.74, 6) is 0. The number of pyridine rings is 1. The summed E-state index contributed by atoms with van der Waals surface area (Å²) in [7, 11) is 0. The van der Waals surface area contributed by atoms with Crippen LogP contribution in [-0.4, -0.2) is 14.5 Å². The Hall–Kier alpha value is -1.68. The van der Waals surface area contributed by atoms with Crippen molar-refractivity contribution >= 4 is 0 Å². The van der Waals surface area contributed by atoms with Crippen LogP contribution < -0.4 is 5.73 Å². The van der Waals surface area contributed by atoms with Gasteiger partial charge in [0.05, 0.1) is 29.6 Å². The minimum absolute atomic E-state index is 0.0228. The van der Waals surface area contributed by atoms with Gasteiger partial charge in [0, 0.05) is 11.7 Å². The van der Waals surface area contributed by atoms with E-state index in [4.69, 9.17) is 5.73 Å². The first kappa shape index (κ1) is 11.8. The lowest BCUT2D eigenvalue weighted by Gasteiger charge is -2.10. The maximum Gasteiger partial charge on any atom is 0.0997 e. The van der Waals surface area contributed by atoms with Gasteiger partial charge in [-0.1, -0.05) is 6.92 Å². The third-order valence-electron chi connectivity index (χ3n) is 3.12. The molecule has 4 nitrogen and oxygen atoms in total. The maximum absolute atomic E-state index is 5.94. The Kier molecular flexibility index (Phi) is 3.24. The van der Waals surface area contributed by atoms with E-state index in [0.717, 1.165) is 29.2 Å². The van der Waals surface area contributed by atoms with Crippen LogP contribution in [0, 0.1) is 13.8 Å². The van der Waals surface area contributed by atoms with Crippen LogP contribution in [0.4, 0.5) is 0 Å². The van der Waals surface area contributed by atoms with Gasteiger partial charge in [0.15, 0.2) is 0 Å². The van der Waals surface area contributed by atoms with Gasteiger partial charge >= 0.3 is 0 Å². The summed E-state index contributed by atoms with van der Waals surface area (Å²) in [6.07, 6.45) is 4.57. The fourth-order valence-electron chi connectivity index (χ4n) is 1.73. The van der Waals surface area contributed by atoms with E-state index in [1.54, 1.807) is 0 Å². The topological polar surface area (TPSA) is 56.7 Å². The van der Waals surface area contributed by atoms with Crippen molar-refractivity contribution in [3.05, 3.63) is 41.7 Å². The molecule has 0 aliphatic rings. The van der Waals surface area contributed by atoms with Crippen molar-refractivity contribution in [1.29, 1.82) is 0 Å². The molecule has 0 saturated carbocycles. The molecule has 0 amide bonds. The lowest BCUT2D eigenvalue weighted by Crippen LogP contribution is -2.10. The summed E-state index contributed by atoms with van der Waals surface area (Å²) in [5.41, 5.74) is 10.1. The van der Waals surface area contributed by atoms with Crippen LogP contribution in [0.15, 0.2) is 24.7 Å². The fraction of sp³-hybridized carbons (Fsp3) is 0.385. The number of nitrogens with two attached hydrogens (primary N) is 1. The zero-order chi connectivity index (χ0) is 12.4. The zero-order valence-corrected chi connectivity index (χ0v) is 10.5. The predicted octanol–water partition coefficient (Wildman–Crippen LogP) is 2.29. The molecule has 2 aromatic rings. The van der Waals surface area contributed by atoms with Crippen molar-refractivity contribution in [3.8, 4) is 5.69 Å². The molecule has 0 aliphatic carbocycles. The molecule has 1 unspecified atom stereocenters. The number of imidazole rings is 1. The van der Waals surface area contributed by atoms with Crippen LogP contribution in [0.3, 0.4) is 0 Å². The SMILES string of the molecule is CCC(N)c1ccc(-n2cnc(C)c2C)cn1. The second-order valence-corrected chi connectivity index (χ2v) is 4.24. The second kappa shape index (κ2) is 4.67. The molecule has 2 rings (SSSR count). The molecular formula is C13H18N4. The van der Waals surface area contributed by atoms with Crippen molar-refractivity contribution in [2.45, 2.75) is 33.2 Å². The molecule has 0 radical (unpaired) electrons. The Labute approximate surface area is 102 Å². The summed E-state index contributed by atoms with van der Waals surface area (Å²) in [5, 5.41) is 0. The Morgan fingerprint density at radius 2 is 2.06 bits per heavy atom. The largest absolute Gasteiger partial charge is 0.323 e. The molecule has 0 aromatic carbocycles. The van der Waals surface area contributed by atoms with E-state index in [1.165, 1.54) is 0 Å². The van der Waals surface area contributed by atoms with Crippen LogP contribution in [0.5, 0.6) is 0 Å². The average Bonchev–Trinajstić information content (AvgIpc) is 2.69. The quantitative estimate of drug-likeness (QED) is 0.880. The second-order valence-electron chi connectivity index (χ2n) is 4.24. The van der Waals surface area contributed by atoms with Gasteiger partial charge in [0.1, 0.15) is 0 Å². The van der Waals surface area contributed by atoms with Gasteiger partial charge in [0.25, 0.3) is 0 Å². The molecule has 0 saturated heterocycles. The number of nitrogens with zero attached hydrogens (tertiary/aromatic N) is 3. The molecule has 0 bridgehead atoms. The maximum atomic E-state index is 5.94. The third-order valence-corrected chi connectivity index (χ3v) is 3.12. The van der Waals surface area contributed by atoms with Crippen LogP contribution in [0.1, 0.15) is 36.5 Å². The molecule has 17 heavy (non-hydrogen) atoms. The van der Waals surface area contributed by atoms with E-state index in [9.17, 15) is 0 Å². The van der Waals surface area contributed by atoms with E-state index >= 15 is 0 Å². The predicted molar refractivity (Wildman–Crippen MR) is 68.1 cm³/mol. The van der Waals surface area contributed by atoms with Gasteiger partial charge in [-0.15, -0.1) is 0 Å². The van der Waals surface area contributed by atoms with Crippen molar-refractivity contribution in [3.63, 3.8) is 0 Å². The normalized spacial score (nSPS) is 12.7. The summed E-state index contributed by atoms with van der Waals surface area (Å²) in [6, 6.07) is 4.04. The zero-order valence-electron chi connectivity index (χ0n) is 10.5. The number of hydrogen-bond acceptors (Lipinski definition) is 3. The lowest BCUT2D eigenvalue weighted by atomic mass is 10.1. The minimum Gasteiger partial charge on any atom is -0.323 e. The molecule has 0 aliphatic heterocycles. The average molecular weight is 230 g/mol. The molecule has 4 heteroatoms. The molecule has 2 heterocycles. The van der Waals surface area contributed by atoms with E-state index in [0.29, 0.717) is 0 Å². The highest BCUT2D eigenvalue weighted by Gasteiger charge is 2.07. The first-order valence-corrected chi connectivity index (χ1v) is 5.86. The number of hydrogen-bond donors (Lipinski definition) is 1. The Bertz CT molecular complexity index is 499. The van der Waals surface area contributed by atoms with Crippen LogP contribution >= 0.6 is 0 Å². The Balaban J connectivity index is 2.32. The summed E-state index contributed by atoms with van der Waals surface area (Å²) >= 11 is 0. The van der Waals surface area contributed by atoms with E-state index in [1.807, 2.05) is 43.1 Å². The fourth-order valence-corrected chi connectivity index (χ4v) is 1.73. The van der Waals surface area contributed by atoms with Crippen LogP contribution in [-0.2, 0) is 0 Å². The molecule has 0 fully saturated rings. The molecule has 0 spiro atoms. The van der Waals surface area contributed by atoms with Crippen molar-refractivity contribution in [1.82, 2.24) is 14.5 Å². The Morgan fingerprint density at radius 3 is 2.53 bits per heavy atom. The molecule has 90 valence electrons. The highest BCUT2D eigenvalue weighted by molar-refractivity contribution is 5.33. The first-order valence-electron chi connectivity index (χ1n) is 5.86. The highest BCUT2D eigenvalue weighted by atomic mass is 15.1. The van der Waals surface area contributed by atoms with Crippen molar-refractivity contribution < 1.29 is 0 Å². The highest BCUT2D eigenvalue weighted by Crippen LogP contribution is 2.16. The van der Waals surface area contributed by atoms with Gasteiger partial charge in [-0.3, -0.25) is 4.98 Å². The third kappa shape index (κ3) is 2.22. The molecule has 1 atom stereocenters. The van der Waals surface area contributed by atoms with Gasteiger partial charge in [-0.05, 0) is 32.4 Å². The van der Waals surface area contributed by atoms with Gasteiger partial charge in [-0.2, -0.15) is 0 Å². The monoisotopic (exact) mass is 230 g/mol. The number of aryl methyl sites for hydroxylation is 1. The van der Waals surface area contributed by atoms with E-state index < -0.39 is 0 Å². The summed E-state index contributed by atoms with van der Waals surface area (Å²) < 4.78 is 2.03. The van der Waals surface area contributed by atoms with Gasteiger partial charge < -0.3 is 10.3 Å². The van der Waals surface area contributed by atoms with E-state index in [-0.39, 0.29) is 6.04 Å². The summed E-state index contributed by atoms with van der Waals surface area (Å²) in [4.78, 5) is 8.68.